The number of methoxy groups -OCH3 is 1. The van der Waals surface area contributed by atoms with E-state index < -0.39 is 0 Å². The van der Waals surface area contributed by atoms with Crippen LogP contribution in [-0.4, -0.2) is 54.9 Å². The number of nitrogens with zero attached hydrogens (tertiary/aromatic N) is 2. The zero-order chi connectivity index (χ0) is 18.5. The topological polar surface area (TPSA) is 63.0 Å². The lowest BCUT2D eigenvalue weighted by molar-refractivity contribution is -0.131. The van der Waals surface area contributed by atoms with Crippen molar-refractivity contribution >= 4 is 11.8 Å². The van der Waals surface area contributed by atoms with Gasteiger partial charge >= 0.3 is 0 Å². The summed E-state index contributed by atoms with van der Waals surface area (Å²) in [7, 11) is 1.61. The summed E-state index contributed by atoms with van der Waals surface area (Å²) in [5.74, 6) is 1.88. The minimum atomic E-state index is -0.107. The van der Waals surface area contributed by atoms with Crippen LogP contribution in [-0.2, 0) is 17.6 Å². The number of piperazine rings is 1. The number of carbonyl (C=O) groups is 2. The lowest BCUT2D eigenvalue weighted by Crippen LogP contribution is -2.50. The van der Waals surface area contributed by atoms with E-state index in [-0.39, 0.29) is 11.8 Å². The first-order chi connectivity index (χ1) is 12.6. The third-order valence-electron chi connectivity index (χ3n) is 4.63. The van der Waals surface area contributed by atoms with Crippen LogP contribution >= 0.6 is 0 Å². The van der Waals surface area contributed by atoms with Crippen molar-refractivity contribution in [3.05, 3.63) is 53.5 Å². The van der Waals surface area contributed by atoms with Gasteiger partial charge in [0.05, 0.1) is 13.5 Å². The number of hydrogen-bond donors (Lipinski definition) is 0. The molecule has 0 saturated carbocycles. The Labute approximate surface area is 153 Å². The van der Waals surface area contributed by atoms with Gasteiger partial charge in [-0.2, -0.15) is 0 Å². The van der Waals surface area contributed by atoms with Gasteiger partial charge in [0.1, 0.15) is 11.5 Å². The molecule has 1 saturated heterocycles. The number of aryl methyl sites for hydroxylation is 1. The van der Waals surface area contributed by atoms with Crippen LogP contribution in [0.15, 0.2) is 40.8 Å². The number of furan rings is 1. The first-order valence-corrected chi connectivity index (χ1v) is 8.89. The first kappa shape index (κ1) is 18.0. The van der Waals surface area contributed by atoms with Crippen molar-refractivity contribution in [2.75, 3.05) is 33.3 Å². The third-order valence-corrected chi connectivity index (χ3v) is 4.63. The number of carbonyl (C=O) groups excluding carboxylic acids is 2. The van der Waals surface area contributed by atoms with Crippen LogP contribution < -0.4 is 4.74 Å². The van der Waals surface area contributed by atoms with Gasteiger partial charge in [0.15, 0.2) is 5.76 Å². The number of hydrogen-bond acceptors (Lipinski definition) is 4. The highest BCUT2D eigenvalue weighted by Crippen LogP contribution is 2.16. The monoisotopic (exact) mass is 356 g/mol. The second-order valence-corrected chi connectivity index (χ2v) is 6.32. The number of rotatable bonds is 5. The highest BCUT2D eigenvalue weighted by Gasteiger charge is 2.26. The van der Waals surface area contributed by atoms with Crippen LogP contribution in [0.3, 0.4) is 0 Å². The molecule has 0 N–H and O–H groups in total. The third kappa shape index (κ3) is 4.07. The molecule has 1 aliphatic heterocycles. The molecule has 6 nitrogen and oxygen atoms in total. The SMILES string of the molecule is CCc1ccc(C(=O)N2CCN(C(=O)Cc3cccc(OC)c3)CC2)o1. The molecule has 6 heteroatoms. The van der Waals surface area contributed by atoms with E-state index in [2.05, 4.69) is 0 Å². The Bertz CT molecular complexity index is 776. The van der Waals surface area contributed by atoms with Crippen molar-refractivity contribution in [2.24, 2.45) is 0 Å². The maximum absolute atomic E-state index is 12.5. The number of ether oxygens (including phenoxy) is 1. The van der Waals surface area contributed by atoms with E-state index in [9.17, 15) is 9.59 Å². The molecule has 1 fully saturated rings. The van der Waals surface area contributed by atoms with Crippen LogP contribution in [0.1, 0.15) is 28.8 Å². The molecule has 0 unspecified atom stereocenters. The van der Waals surface area contributed by atoms with E-state index in [4.69, 9.17) is 9.15 Å². The molecule has 1 aliphatic rings. The van der Waals surface area contributed by atoms with Gasteiger partial charge in [0, 0.05) is 32.6 Å². The standard InChI is InChI=1S/C20H24N2O4/c1-3-16-7-8-18(26-16)20(24)22-11-9-21(10-12-22)19(23)14-15-5-4-6-17(13-15)25-2/h4-8,13H,3,9-12,14H2,1-2H3. The molecule has 2 heterocycles. The van der Waals surface area contributed by atoms with Crippen molar-refractivity contribution in [2.45, 2.75) is 19.8 Å². The lowest BCUT2D eigenvalue weighted by atomic mass is 10.1. The predicted octanol–water partition coefficient (Wildman–Crippen LogP) is 2.38. The van der Waals surface area contributed by atoms with E-state index in [1.807, 2.05) is 42.2 Å². The Morgan fingerprint density at radius 2 is 1.81 bits per heavy atom. The first-order valence-electron chi connectivity index (χ1n) is 8.89. The fourth-order valence-corrected chi connectivity index (χ4v) is 3.07. The second kappa shape index (κ2) is 8.08. The normalized spacial score (nSPS) is 14.4. The van der Waals surface area contributed by atoms with Gasteiger partial charge in [0.25, 0.3) is 5.91 Å². The van der Waals surface area contributed by atoms with Gasteiger partial charge in [-0.15, -0.1) is 0 Å². The molecule has 26 heavy (non-hydrogen) atoms. The maximum Gasteiger partial charge on any atom is 0.289 e. The summed E-state index contributed by atoms with van der Waals surface area (Å²) < 4.78 is 10.7. The predicted molar refractivity (Wildman–Crippen MR) is 97.3 cm³/mol. The quantitative estimate of drug-likeness (QED) is 0.825. The van der Waals surface area contributed by atoms with Gasteiger partial charge in [-0.25, -0.2) is 0 Å². The summed E-state index contributed by atoms with van der Waals surface area (Å²) >= 11 is 0. The van der Waals surface area contributed by atoms with Gasteiger partial charge in [0.2, 0.25) is 5.91 Å². The largest absolute Gasteiger partial charge is 0.497 e. The zero-order valence-electron chi connectivity index (χ0n) is 15.2. The van der Waals surface area contributed by atoms with Crippen molar-refractivity contribution < 1.29 is 18.7 Å². The van der Waals surface area contributed by atoms with Gasteiger partial charge < -0.3 is 19.0 Å². The molecule has 3 rings (SSSR count). The van der Waals surface area contributed by atoms with Crippen LogP contribution in [0.4, 0.5) is 0 Å². The maximum atomic E-state index is 12.5. The average Bonchev–Trinajstić information content (AvgIpc) is 3.17. The van der Waals surface area contributed by atoms with Crippen LogP contribution in [0.25, 0.3) is 0 Å². The average molecular weight is 356 g/mol. The van der Waals surface area contributed by atoms with Crippen molar-refractivity contribution in [1.82, 2.24) is 9.80 Å². The Morgan fingerprint density at radius 3 is 2.46 bits per heavy atom. The molecule has 0 atom stereocenters. The number of benzene rings is 1. The van der Waals surface area contributed by atoms with Crippen LogP contribution in [0, 0.1) is 0 Å². The van der Waals surface area contributed by atoms with Gasteiger partial charge in [-0.05, 0) is 29.8 Å². The molecule has 2 aromatic rings. The molecule has 0 aliphatic carbocycles. The van der Waals surface area contributed by atoms with Gasteiger partial charge in [-0.1, -0.05) is 19.1 Å². The summed E-state index contributed by atoms with van der Waals surface area (Å²) in [6.07, 6.45) is 1.10. The van der Waals surface area contributed by atoms with E-state index >= 15 is 0 Å². The Morgan fingerprint density at radius 1 is 1.08 bits per heavy atom. The summed E-state index contributed by atoms with van der Waals surface area (Å²) in [6.45, 7) is 4.10. The Hall–Kier alpha value is -2.76. The van der Waals surface area contributed by atoms with E-state index in [1.165, 1.54) is 0 Å². The molecular formula is C20H24N2O4. The lowest BCUT2D eigenvalue weighted by Gasteiger charge is -2.34. The smallest absolute Gasteiger partial charge is 0.289 e. The summed E-state index contributed by atoms with van der Waals surface area (Å²) in [4.78, 5) is 28.6. The fraction of sp³-hybridized carbons (Fsp3) is 0.400. The van der Waals surface area contributed by atoms with Crippen molar-refractivity contribution in [1.29, 1.82) is 0 Å². The highest BCUT2D eigenvalue weighted by molar-refractivity contribution is 5.91. The molecule has 0 radical (unpaired) electrons. The number of amides is 2. The van der Waals surface area contributed by atoms with Crippen molar-refractivity contribution in [3.8, 4) is 5.75 Å². The van der Waals surface area contributed by atoms with Crippen LogP contribution in [0.5, 0.6) is 5.75 Å². The molecule has 1 aromatic carbocycles. The summed E-state index contributed by atoms with van der Waals surface area (Å²) in [5, 5.41) is 0. The molecule has 0 spiro atoms. The zero-order valence-corrected chi connectivity index (χ0v) is 15.2. The van der Waals surface area contributed by atoms with Crippen LogP contribution in [0.2, 0.25) is 0 Å². The molecule has 0 bridgehead atoms. The summed E-state index contributed by atoms with van der Waals surface area (Å²) in [5.41, 5.74) is 0.926. The minimum Gasteiger partial charge on any atom is -0.497 e. The molecule has 2 amide bonds. The highest BCUT2D eigenvalue weighted by atomic mass is 16.5. The van der Waals surface area contributed by atoms with Crippen molar-refractivity contribution in [3.63, 3.8) is 0 Å². The van der Waals surface area contributed by atoms with E-state index in [1.54, 1.807) is 18.1 Å². The summed E-state index contributed by atoms with van der Waals surface area (Å²) in [6, 6.07) is 11.1. The molecule has 1 aromatic heterocycles. The minimum absolute atomic E-state index is 0.0663. The van der Waals surface area contributed by atoms with Gasteiger partial charge in [-0.3, -0.25) is 9.59 Å². The van der Waals surface area contributed by atoms with E-state index in [0.717, 1.165) is 23.5 Å². The van der Waals surface area contributed by atoms with E-state index in [0.29, 0.717) is 38.4 Å². The molecule has 138 valence electrons. The second-order valence-electron chi connectivity index (χ2n) is 6.32. The Balaban J connectivity index is 1.54. The Kier molecular flexibility index (Phi) is 5.61. The fourth-order valence-electron chi connectivity index (χ4n) is 3.07. The molecular weight excluding hydrogens is 332 g/mol.